The lowest BCUT2D eigenvalue weighted by Gasteiger charge is -2.20. The molecular weight excluding hydrogens is 164 g/mol. The van der Waals surface area contributed by atoms with Crippen molar-refractivity contribution in [2.45, 2.75) is 38.5 Å². The summed E-state index contributed by atoms with van der Waals surface area (Å²) in [4.78, 5) is 4.31. The second-order valence-corrected chi connectivity index (χ2v) is 3.43. The molecule has 1 aromatic rings. The standard InChI is InChI=1S/C10H14N2O/c1-2-3-7-9-11-10(12-13-9)8-5-4-6-8/h3,7-8H,2,4-6H2,1H3/b7-3+. The summed E-state index contributed by atoms with van der Waals surface area (Å²) in [5.41, 5.74) is 0. The van der Waals surface area contributed by atoms with Crippen molar-refractivity contribution in [2.75, 3.05) is 0 Å². The van der Waals surface area contributed by atoms with Gasteiger partial charge in [0.2, 0.25) is 5.89 Å². The first kappa shape index (κ1) is 8.48. The zero-order chi connectivity index (χ0) is 9.10. The summed E-state index contributed by atoms with van der Waals surface area (Å²) in [5, 5.41) is 3.95. The Hall–Kier alpha value is -1.12. The van der Waals surface area contributed by atoms with E-state index in [1.54, 1.807) is 0 Å². The Morgan fingerprint density at radius 2 is 2.38 bits per heavy atom. The fourth-order valence-electron chi connectivity index (χ4n) is 1.37. The highest BCUT2D eigenvalue weighted by Crippen LogP contribution is 2.34. The van der Waals surface area contributed by atoms with Crippen molar-refractivity contribution in [3.8, 4) is 0 Å². The van der Waals surface area contributed by atoms with Gasteiger partial charge < -0.3 is 4.52 Å². The lowest BCUT2D eigenvalue weighted by Crippen LogP contribution is -2.10. The molecule has 0 bridgehead atoms. The number of nitrogens with zero attached hydrogens (tertiary/aromatic N) is 2. The zero-order valence-corrected chi connectivity index (χ0v) is 7.86. The molecule has 0 atom stereocenters. The quantitative estimate of drug-likeness (QED) is 0.714. The van der Waals surface area contributed by atoms with Gasteiger partial charge >= 0.3 is 0 Å². The molecule has 70 valence electrons. The van der Waals surface area contributed by atoms with E-state index in [4.69, 9.17) is 4.52 Å². The van der Waals surface area contributed by atoms with E-state index in [0.717, 1.165) is 12.2 Å². The number of allylic oxidation sites excluding steroid dienone is 1. The van der Waals surface area contributed by atoms with Crippen molar-refractivity contribution in [2.24, 2.45) is 0 Å². The summed E-state index contributed by atoms with van der Waals surface area (Å²) in [7, 11) is 0. The Kier molecular flexibility index (Phi) is 2.43. The van der Waals surface area contributed by atoms with E-state index in [-0.39, 0.29) is 0 Å². The smallest absolute Gasteiger partial charge is 0.250 e. The minimum Gasteiger partial charge on any atom is -0.335 e. The first-order valence-electron chi connectivity index (χ1n) is 4.90. The van der Waals surface area contributed by atoms with Crippen LogP contribution in [0.3, 0.4) is 0 Å². The predicted octanol–water partition coefficient (Wildman–Crippen LogP) is 2.76. The summed E-state index contributed by atoms with van der Waals surface area (Å²) < 4.78 is 5.08. The molecule has 0 radical (unpaired) electrons. The van der Waals surface area contributed by atoms with Gasteiger partial charge in [-0.25, -0.2) is 0 Å². The van der Waals surface area contributed by atoms with E-state index in [2.05, 4.69) is 17.1 Å². The van der Waals surface area contributed by atoms with Gasteiger partial charge in [-0.05, 0) is 25.3 Å². The third-order valence-electron chi connectivity index (χ3n) is 2.42. The van der Waals surface area contributed by atoms with Crippen molar-refractivity contribution >= 4 is 6.08 Å². The first-order valence-corrected chi connectivity index (χ1v) is 4.90. The second kappa shape index (κ2) is 3.73. The average Bonchev–Trinajstić information content (AvgIpc) is 2.46. The molecule has 13 heavy (non-hydrogen) atoms. The van der Waals surface area contributed by atoms with Crippen LogP contribution in [0.5, 0.6) is 0 Å². The van der Waals surface area contributed by atoms with Crippen LogP contribution in [0.15, 0.2) is 10.6 Å². The molecule has 3 nitrogen and oxygen atoms in total. The Morgan fingerprint density at radius 3 is 3.00 bits per heavy atom. The molecule has 1 fully saturated rings. The van der Waals surface area contributed by atoms with Crippen molar-refractivity contribution in [3.05, 3.63) is 17.8 Å². The van der Waals surface area contributed by atoms with Gasteiger partial charge in [0.15, 0.2) is 5.82 Å². The van der Waals surface area contributed by atoms with Crippen LogP contribution in [0.1, 0.15) is 50.2 Å². The number of rotatable bonds is 3. The van der Waals surface area contributed by atoms with E-state index < -0.39 is 0 Å². The van der Waals surface area contributed by atoms with Gasteiger partial charge in [-0.1, -0.05) is 24.6 Å². The molecule has 0 unspecified atom stereocenters. The molecule has 1 aromatic heterocycles. The van der Waals surface area contributed by atoms with Crippen LogP contribution in [-0.4, -0.2) is 10.1 Å². The summed E-state index contributed by atoms with van der Waals surface area (Å²) in [6, 6.07) is 0. The van der Waals surface area contributed by atoms with Gasteiger partial charge in [0, 0.05) is 5.92 Å². The summed E-state index contributed by atoms with van der Waals surface area (Å²) >= 11 is 0. The third-order valence-corrected chi connectivity index (χ3v) is 2.42. The van der Waals surface area contributed by atoms with Crippen LogP contribution in [0.25, 0.3) is 6.08 Å². The maximum atomic E-state index is 5.08. The van der Waals surface area contributed by atoms with Crippen LogP contribution in [0, 0.1) is 0 Å². The highest BCUT2D eigenvalue weighted by molar-refractivity contribution is 5.36. The fraction of sp³-hybridized carbons (Fsp3) is 0.600. The van der Waals surface area contributed by atoms with Gasteiger partial charge in [-0.15, -0.1) is 0 Å². The number of hydrogen-bond donors (Lipinski definition) is 0. The topological polar surface area (TPSA) is 38.9 Å². The molecule has 0 amide bonds. The molecule has 2 rings (SSSR count). The maximum absolute atomic E-state index is 5.08. The Morgan fingerprint density at radius 1 is 1.54 bits per heavy atom. The SMILES string of the molecule is CC/C=C/c1nc(C2CCC2)no1. The highest BCUT2D eigenvalue weighted by Gasteiger charge is 2.23. The van der Waals surface area contributed by atoms with E-state index >= 15 is 0 Å². The average molecular weight is 178 g/mol. The van der Waals surface area contributed by atoms with Crippen LogP contribution in [-0.2, 0) is 0 Å². The first-order chi connectivity index (χ1) is 6.40. The third kappa shape index (κ3) is 1.79. The van der Waals surface area contributed by atoms with Crippen LogP contribution in [0.2, 0.25) is 0 Å². The van der Waals surface area contributed by atoms with Crippen molar-refractivity contribution < 1.29 is 4.52 Å². The highest BCUT2D eigenvalue weighted by atomic mass is 16.5. The fourth-order valence-corrected chi connectivity index (χ4v) is 1.37. The Labute approximate surface area is 77.8 Å². The van der Waals surface area contributed by atoms with E-state index in [9.17, 15) is 0 Å². The van der Waals surface area contributed by atoms with Gasteiger partial charge in [-0.2, -0.15) is 4.98 Å². The van der Waals surface area contributed by atoms with Crippen molar-refractivity contribution in [3.63, 3.8) is 0 Å². The van der Waals surface area contributed by atoms with E-state index in [1.165, 1.54) is 19.3 Å². The molecule has 0 aliphatic heterocycles. The Bertz CT molecular complexity index is 300. The number of hydrogen-bond acceptors (Lipinski definition) is 3. The molecule has 1 aliphatic rings. The zero-order valence-electron chi connectivity index (χ0n) is 7.86. The predicted molar refractivity (Wildman–Crippen MR) is 50.2 cm³/mol. The van der Waals surface area contributed by atoms with Gasteiger partial charge in [0.25, 0.3) is 0 Å². The molecule has 0 aromatic carbocycles. The number of aromatic nitrogens is 2. The summed E-state index contributed by atoms with van der Waals surface area (Å²) in [6.07, 6.45) is 8.65. The molecule has 3 heteroatoms. The van der Waals surface area contributed by atoms with E-state index in [1.807, 2.05) is 12.2 Å². The van der Waals surface area contributed by atoms with Gasteiger partial charge in [0.1, 0.15) is 0 Å². The van der Waals surface area contributed by atoms with Crippen LogP contribution < -0.4 is 0 Å². The minimum atomic E-state index is 0.563. The molecule has 0 saturated heterocycles. The lowest BCUT2D eigenvalue weighted by molar-refractivity contribution is 0.360. The summed E-state index contributed by atoms with van der Waals surface area (Å²) in [6.45, 7) is 2.08. The van der Waals surface area contributed by atoms with Crippen LogP contribution >= 0.6 is 0 Å². The van der Waals surface area contributed by atoms with Gasteiger partial charge in [0.05, 0.1) is 0 Å². The lowest BCUT2D eigenvalue weighted by atomic mass is 9.85. The normalized spacial score (nSPS) is 17.9. The monoisotopic (exact) mass is 178 g/mol. The molecule has 1 heterocycles. The molecule has 1 aliphatic carbocycles. The molecule has 1 saturated carbocycles. The van der Waals surface area contributed by atoms with Gasteiger partial charge in [-0.3, -0.25) is 0 Å². The Balaban J connectivity index is 2.04. The molecule has 0 N–H and O–H groups in total. The minimum absolute atomic E-state index is 0.563. The summed E-state index contributed by atoms with van der Waals surface area (Å²) in [5.74, 6) is 2.10. The van der Waals surface area contributed by atoms with Crippen molar-refractivity contribution in [1.29, 1.82) is 0 Å². The van der Waals surface area contributed by atoms with E-state index in [0.29, 0.717) is 11.8 Å². The van der Waals surface area contributed by atoms with Crippen LogP contribution in [0.4, 0.5) is 0 Å². The molecular formula is C10H14N2O. The molecule has 0 spiro atoms. The van der Waals surface area contributed by atoms with Crippen molar-refractivity contribution in [1.82, 2.24) is 10.1 Å². The second-order valence-electron chi connectivity index (χ2n) is 3.43. The maximum Gasteiger partial charge on any atom is 0.250 e. The largest absolute Gasteiger partial charge is 0.335 e.